The highest BCUT2D eigenvalue weighted by Gasteiger charge is 2.37. The van der Waals surface area contributed by atoms with E-state index >= 15 is 0 Å². The zero-order valence-corrected chi connectivity index (χ0v) is 21.4. The molecule has 10 N–H and O–H groups in total. The lowest BCUT2D eigenvalue weighted by Crippen LogP contribution is -2.57. The Hall–Kier alpha value is -4.13. The number of guanidine groups is 1. The summed E-state index contributed by atoms with van der Waals surface area (Å²) in [5, 5.41) is 15.8. The summed E-state index contributed by atoms with van der Waals surface area (Å²) in [5.41, 5.74) is 18.0. The number of carboxylic acids is 1. The quantitative estimate of drug-likeness (QED) is 0.104. The van der Waals surface area contributed by atoms with Crippen LogP contribution in [0.25, 0.3) is 10.9 Å². The zero-order chi connectivity index (χ0) is 27.8. The molecule has 4 unspecified atom stereocenters. The van der Waals surface area contributed by atoms with E-state index < -0.39 is 42.0 Å². The number of H-pyrrole nitrogens is 1. The van der Waals surface area contributed by atoms with Gasteiger partial charge in [-0.2, -0.15) is 0 Å². The van der Waals surface area contributed by atoms with Crippen LogP contribution in [0, 0.1) is 0 Å². The number of carbonyl (C=O) groups excluding carboxylic acids is 3. The minimum Gasteiger partial charge on any atom is -0.480 e. The molecule has 4 atom stereocenters. The molecule has 1 aromatic carbocycles. The number of nitrogens with zero attached hydrogens (tertiary/aromatic N) is 2. The predicted octanol–water partition coefficient (Wildman–Crippen LogP) is -0.844. The number of aliphatic carboxylic acids is 1. The normalized spacial score (nSPS) is 17.4. The number of nitrogens with one attached hydrogen (secondary N) is 3. The lowest BCUT2D eigenvalue weighted by atomic mass is 10.0. The smallest absolute Gasteiger partial charge is 0.326 e. The van der Waals surface area contributed by atoms with Gasteiger partial charge in [0.25, 0.3) is 0 Å². The van der Waals surface area contributed by atoms with E-state index in [4.69, 9.17) is 17.2 Å². The second-order valence-electron chi connectivity index (χ2n) is 9.45. The van der Waals surface area contributed by atoms with Crippen LogP contribution in [0.3, 0.4) is 0 Å². The number of hydrogen-bond donors (Lipinski definition) is 7. The number of rotatable bonds is 12. The fourth-order valence-corrected chi connectivity index (χ4v) is 4.60. The molecule has 1 aliphatic heterocycles. The Morgan fingerprint density at radius 3 is 2.61 bits per heavy atom. The molecule has 206 valence electrons. The number of hydrogen-bond acceptors (Lipinski definition) is 6. The van der Waals surface area contributed by atoms with E-state index in [0.717, 1.165) is 16.5 Å². The maximum Gasteiger partial charge on any atom is 0.326 e. The van der Waals surface area contributed by atoms with Crippen molar-refractivity contribution in [1.82, 2.24) is 20.5 Å². The van der Waals surface area contributed by atoms with Crippen molar-refractivity contribution < 1.29 is 24.3 Å². The van der Waals surface area contributed by atoms with Crippen molar-refractivity contribution in [2.75, 3.05) is 13.1 Å². The second-order valence-corrected chi connectivity index (χ2v) is 9.45. The largest absolute Gasteiger partial charge is 0.480 e. The minimum atomic E-state index is -1.22. The molecule has 0 bridgehead atoms. The number of fused-ring (bicyclic) bond motifs is 1. The van der Waals surface area contributed by atoms with Crippen molar-refractivity contribution in [3.63, 3.8) is 0 Å². The van der Waals surface area contributed by atoms with Crippen LogP contribution in [0.5, 0.6) is 0 Å². The van der Waals surface area contributed by atoms with Crippen LogP contribution >= 0.6 is 0 Å². The Bertz CT molecular complexity index is 1190. The molecule has 13 nitrogen and oxygen atoms in total. The van der Waals surface area contributed by atoms with Crippen LogP contribution < -0.4 is 27.8 Å². The fraction of sp³-hybridized carbons (Fsp3) is 0.480. The van der Waals surface area contributed by atoms with Crippen molar-refractivity contribution in [3.05, 3.63) is 36.0 Å². The van der Waals surface area contributed by atoms with Crippen molar-refractivity contribution in [3.8, 4) is 0 Å². The van der Waals surface area contributed by atoms with E-state index in [9.17, 15) is 24.3 Å². The molecule has 0 spiro atoms. The first-order valence-corrected chi connectivity index (χ1v) is 12.6. The molecule has 0 aliphatic carbocycles. The maximum atomic E-state index is 13.4. The highest BCUT2D eigenvalue weighted by atomic mass is 16.4. The van der Waals surface area contributed by atoms with Crippen LogP contribution in [0.2, 0.25) is 0 Å². The van der Waals surface area contributed by atoms with Crippen LogP contribution in [-0.4, -0.2) is 81.9 Å². The first-order chi connectivity index (χ1) is 18.1. The van der Waals surface area contributed by atoms with Crippen LogP contribution in [0.1, 0.15) is 38.2 Å². The standard InChI is InChI=1S/C25H36N8O5/c1-14(26)23(36)33-11-5-9-20(33)22(35)32-19(12-15-13-30-17-7-3-2-6-16(15)17)21(34)31-18(24(37)38)8-4-10-29-25(27)28/h2-3,6-7,13-14,18-20,30H,4-5,8-12,26H2,1H3,(H,31,34)(H,32,35)(H,37,38)(H4,27,28,29). The van der Waals surface area contributed by atoms with Gasteiger partial charge in [-0.1, -0.05) is 18.2 Å². The van der Waals surface area contributed by atoms with Gasteiger partial charge < -0.3 is 42.8 Å². The number of para-hydroxylation sites is 1. The van der Waals surface area contributed by atoms with Crippen molar-refractivity contribution in [2.45, 2.75) is 63.2 Å². The molecule has 3 rings (SSSR count). The molecule has 2 aromatic rings. The van der Waals surface area contributed by atoms with E-state index in [1.54, 1.807) is 13.1 Å². The molecular weight excluding hydrogens is 492 g/mol. The Balaban J connectivity index is 1.80. The summed E-state index contributed by atoms with van der Waals surface area (Å²) in [6.45, 7) is 2.17. The summed E-state index contributed by atoms with van der Waals surface area (Å²) in [7, 11) is 0. The highest BCUT2D eigenvalue weighted by Crippen LogP contribution is 2.21. The number of nitrogens with two attached hydrogens (primary N) is 3. The SMILES string of the molecule is CC(N)C(=O)N1CCCC1C(=O)NC(Cc1c[nH]c2ccccc12)C(=O)NC(CCCN=C(N)N)C(=O)O. The van der Waals surface area contributed by atoms with Gasteiger partial charge in [0.2, 0.25) is 17.7 Å². The summed E-state index contributed by atoms with van der Waals surface area (Å²) in [6, 6.07) is 3.70. The van der Waals surface area contributed by atoms with Gasteiger partial charge in [-0.25, -0.2) is 4.79 Å². The summed E-state index contributed by atoms with van der Waals surface area (Å²) in [5.74, 6) is -2.81. The number of benzene rings is 1. The molecule has 13 heteroatoms. The third kappa shape index (κ3) is 7.22. The molecule has 1 fully saturated rings. The zero-order valence-electron chi connectivity index (χ0n) is 21.4. The van der Waals surface area contributed by atoms with Crippen LogP contribution in [0.15, 0.2) is 35.5 Å². The molecule has 3 amide bonds. The van der Waals surface area contributed by atoms with Crippen LogP contribution in [0.4, 0.5) is 0 Å². The highest BCUT2D eigenvalue weighted by molar-refractivity contribution is 5.95. The molecule has 0 radical (unpaired) electrons. The van der Waals surface area contributed by atoms with Gasteiger partial charge >= 0.3 is 5.97 Å². The summed E-state index contributed by atoms with van der Waals surface area (Å²) < 4.78 is 0. The molecule has 38 heavy (non-hydrogen) atoms. The monoisotopic (exact) mass is 528 g/mol. The molecule has 2 heterocycles. The Morgan fingerprint density at radius 1 is 1.18 bits per heavy atom. The summed E-state index contributed by atoms with van der Waals surface area (Å²) in [4.78, 5) is 59.4. The molecule has 1 aromatic heterocycles. The number of aromatic amines is 1. The number of likely N-dealkylation sites (tertiary alicyclic amines) is 1. The average molecular weight is 529 g/mol. The van der Waals surface area contributed by atoms with Gasteiger partial charge in [0.1, 0.15) is 18.1 Å². The number of amides is 3. The fourth-order valence-electron chi connectivity index (χ4n) is 4.60. The van der Waals surface area contributed by atoms with Gasteiger partial charge in [0, 0.05) is 36.6 Å². The van der Waals surface area contributed by atoms with E-state index in [0.29, 0.717) is 25.8 Å². The van der Waals surface area contributed by atoms with Gasteiger partial charge in [-0.15, -0.1) is 0 Å². The van der Waals surface area contributed by atoms with E-state index in [1.807, 2.05) is 24.3 Å². The lowest BCUT2D eigenvalue weighted by molar-refractivity contribution is -0.143. The molecule has 1 saturated heterocycles. The van der Waals surface area contributed by atoms with Gasteiger partial charge in [0.15, 0.2) is 5.96 Å². The third-order valence-electron chi connectivity index (χ3n) is 6.52. The summed E-state index contributed by atoms with van der Waals surface area (Å²) >= 11 is 0. The third-order valence-corrected chi connectivity index (χ3v) is 6.52. The van der Waals surface area contributed by atoms with Crippen molar-refractivity contribution in [1.29, 1.82) is 0 Å². The Morgan fingerprint density at radius 2 is 1.92 bits per heavy atom. The Labute approximate surface area is 220 Å². The minimum absolute atomic E-state index is 0.0882. The van der Waals surface area contributed by atoms with Crippen molar-refractivity contribution in [2.24, 2.45) is 22.2 Å². The number of aliphatic imine (C=N–C) groups is 1. The number of carboxylic acid groups (broad SMARTS) is 1. The van der Waals surface area contributed by atoms with Gasteiger partial charge in [-0.05, 0) is 44.2 Å². The average Bonchev–Trinajstić information content (AvgIpc) is 3.52. The molecule has 0 saturated carbocycles. The molecule has 1 aliphatic rings. The first-order valence-electron chi connectivity index (χ1n) is 12.6. The Kier molecular flexibility index (Phi) is 9.66. The molecular formula is C25H36N8O5. The van der Waals surface area contributed by atoms with Crippen LogP contribution in [-0.2, 0) is 25.6 Å². The lowest BCUT2D eigenvalue weighted by Gasteiger charge is -2.28. The number of carbonyl (C=O) groups is 4. The van der Waals surface area contributed by atoms with E-state index in [2.05, 4.69) is 20.6 Å². The second kappa shape index (κ2) is 12.9. The predicted molar refractivity (Wildman–Crippen MR) is 142 cm³/mol. The maximum absolute atomic E-state index is 13.4. The number of aromatic nitrogens is 1. The van der Waals surface area contributed by atoms with Crippen molar-refractivity contribution >= 4 is 40.6 Å². The first kappa shape index (κ1) is 28.4. The topological polar surface area (TPSA) is 222 Å². The van der Waals surface area contributed by atoms with Gasteiger partial charge in [-0.3, -0.25) is 19.4 Å². The van der Waals surface area contributed by atoms with E-state index in [1.165, 1.54) is 4.90 Å². The van der Waals surface area contributed by atoms with Gasteiger partial charge in [0.05, 0.1) is 6.04 Å². The van der Waals surface area contributed by atoms with E-state index in [-0.39, 0.29) is 31.3 Å². The summed E-state index contributed by atoms with van der Waals surface area (Å²) in [6.07, 6.45) is 3.34.